The molecule has 0 amide bonds. The molecular weight excluding hydrogens is 262 g/mol. The molecule has 2 aromatic rings. The van der Waals surface area contributed by atoms with Gasteiger partial charge < -0.3 is 5.32 Å². The van der Waals surface area contributed by atoms with Crippen LogP contribution >= 0.6 is 11.8 Å². The highest BCUT2D eigenvalue weighted by Crippen LogP contribution is 2.41. The molecular formula is C18H21NS. The molecule has 0 spiro atoms. The van der Waals surface area contributed by atoms with E-state index in [1.807, 2.05) is 11.8 Å². The molecule has 0 bridgehead atoms. The second kappa shape index (κ2) is 6.96. The molecule has 0 saturated heterocycles. The molecule has 1 nitrogen and oxygen atoms in total. The Hall–Kier alpha value is -1.25. The van der Waals surface area contributed by atoms with E-state index in [0.717, 1.165) is 24.8 Å². The van der Waals surface area contributed by atoms with Crippen LogP contribution in [0, 0.1) is 0 Å². The van der Waals surface area contributed by atoms with Crippen LogP contribution in [0.3, 0.4) is 0 Å². The zero-order valence-corrected chi connectivity index (χ0v) is 12.5. The van der Waals surface area contributed by atoms with Gasteiger partial charge in [-0.2, -0.15) is 0 Å². The van der Waals surface area contributed by atoms with E-state index >= 15 is 0 Å². The van der Waals surface area contributed by atoms with E-state index in [-0.39, 0.29) is 0 Å². The van der Waals surface area contributed by atoms with Gasteiger partial charge in [-0.1, -0.05) is 42.5 Å². The van der Waals surface area contributed by atoms with Gasteiger partial charge in [0.25, 0.3) is 0 Å². The quantitative estimate of drug-likeness (QED) is 0.595. The number of rotatable bonds is 7. The molecule has 1 aliphatic rings. The van der Waals surface area contributed by atoms with E-state index in [1.54, 1.807) is 5.56 Å². The van der Waals surface area contributed by atoms with Gasteiger partial charge in [0.2, 0.25) is 0 Å². The minimum absolute atomic E-state index is 0.840. The summed E-state index contributed by atoms with van der Waals surface area (Å²) >= 11 is 1.92. The predicted molar refractivity (Wildman–Crippen MR) is 87.3 cm³/mol. The summed E-state index contributed by atoms with van der Waals surface area (Å²) in [6.45, 7) is 2.06. The molecule has 104 valence electrons. The Morgan fingerprint density at radius 2 is 1.70 bits per heavy atom. The van der Waals surface area contributed by atoms with Gasteiger partial charge in [0.1, 0.15) is 0 Å². The lowest BCUT2D eigenvalue weighted by Gasteiger charge is -2.09. The standard InChI is InChI=1S/C18H21NS/c1-2-7-17(8-3-1)20-13-12-19-14-16-6-4-5-9-18(16)15-10-11-15/h1-9,15,19H,10-14H2. The fourth-order valence-electron chi connectivity index (χ4n) is 2.47. The van der Waals surface area contributed by atoms with E-state index in [2.05, 4.69) is 59.9 Å². The Kier molecular flexibility index (Phi) is 4.77. The second-order valence-electron chi connectivity index (χ2n) is 5.31. The fourth-order valence-corrected chi connectivity index (χ4v) is 3.30. The van der Waals surface area contributed by atoms with E-state index in [9.17, 15) is 0 Å². The highest BCUT2D eigenvalue weighted by Gasteiger charge is 2.25. The summed E-state index contributed by atoms with van der Waals surface area (Å²) in [5, 5.41) is 3.57. The van der Waals surface area contributed by atoms with Crippen LogP contribution in [0.15, 0.2) is 59.5 Å². The maximum Gasteiger partial charge on any atom is 0.0208 e. The highest BCUT2D eigenvalue weighted by atomic mass is 32.2. The number of nitrogens with one attached hydrogen (secondary N) is 1. The molecule has 0 atom stereocenters. The first kappa shape index (κ1) is 13.7. The van der Waals surface area contributed by atoms with Crippen molar-refractivity contribution in [2.45, 2.75) is 30.2 Å². The third-order valence-electron chi connectivity index (χ3n) is 3.68. The van der Waals surface area contributed by atoms with Crippen LogP contribution in [0.25, 0.3) is 0 Å². The van der Waals surface area contributed by atoms with Crippen molar-refractivity contribution in [2.24, 2.45) is 0 Å². The van der Waals surface area contributed by atoms with Gasteiger partial charge in [-0.15, -0.1) is 11.8 Å². The average Bonchev–Trinajstić information content (AvgIpc) is 3.33. The van der Waals surface area contributed by atoms with Crippen molar-refractivity contribution in [1.82, 2.24) is 5.32 Å². The van der Waals surface area contributed by atoms with Crippen LogP contribution in [-0.4, -0.2) is 12.3 Å². The fraction of sp³-hybridized carbons (Fsp3) is 0.333. The van der Waals surface area contributed by atoms with Crippen molar-refractivity contribution in [3.05, 3.63) is 65.7 Å². The molecule has 3 rings (SSSR count). The Bertz CT molecular complexity index is 534. The van der Waals surface area contributed by atoms with E-state index in [1.165, 1.54) is 23.3 Å². The second-order valence-corrected chi connectivity index (χ2v) is 6.48. The number of benzene rings is 2. The Labute approximate surface area is 125 Å². The summed E-state index contributed by atoms with van der Waals surface area (Å²) in [7, 11) is 0. The van der Waals surface area contributed by atoms with Crippen molar-refractivity contribution >= 4 is 11.8 Å². The average molecular weight is 283 g/mol. The first-order valence-electron chi connectivity index (χ1n) is 7.40. The van der Waals surface area contributed by atoms with Crippen molar-refractivity contribution in [2.75, 3.05) is 12.3 Å². The van der Waals surface area contributed by atoms with E-state index in [4.69, 9.17) is 0 Å². The van der Waals surface area contributed by atoms with Crippen LogP contribution in [0.4, 0.5) is 0 Å². The summed E-state index contributed by atoms with van der Waals surface area (Å²) in [6, 6.07) is 19.5. The van der Waals surface area contributed by atoms with Crippen LogP contribution in [0.2, 0.25) is 0 Å². The van der Waals surface area contributed by atoms with Gasteiger partial charge in [-0.05, 0) is 42.0 Å². The highest BCUT2D eigenvalue weighted by molar-refractivity contribution is 7.99. The lowest BCUT2D eigenvalue weighted by Crippen LogP contribution is -2.17. The molecule has 20 heavy (non-hydrogen) atoms. The maximum atomic E-state index is 3.57. The number of hydrogen-bond acceptors (Lipinski definition) is 2. The normalized spacial score (nSPS) is 14.4. The van der Waals surface area contributed by atoms with Gasteiger partial charge in [-0.25, -0.2) is 0 Å². The molecule has 2 aromatic carbocycles. The topological polar surface area (TPSA) is 12.0 Å². The molecule has 1 fully saturated rings. The van der Waals surface area contributed by atoms with Crippen molar-refractivity contribution in [1.29, 1.82) is 0 Å². The smallest absolute Gasteiger partial charge is 0.0208 e. The zero-order chi connectivity index (χ0) is 13.6. The largest absolute Gasteiger partial charge is 0.312 e. The third kappa shape index (κ3) is 3.87. The number of hydrogen-bond donors (Lipinski definition) is 1. The molecule has 0 aliphatic heterocycles. The Morgan fingerprint density at radius 3 is 2.50 bits per heavy atom. The molecule has 0 heterocycles. The van der Waals surface area contributed by atoms with Crippen molar-refractivity contribution in [3.8, 4) is 0 Å². The summed E-state index contributed by atoms with van der Waals surface area (Å²) in [5.74, 6) is 1.96. The minimum Gasteiger partial charge on any atom is -0.312 e. The number of thioether (sulfide) groups is 1. The molecule has 0 radical (unpaired) electrons. The van der Waals surface area contributed by atoms with E-state index in [0.29, 0.717) is 0 Å². The molecule has 0 unspecified atom stereocenters. The van der Waals surface area contributed by atoms with Crippen LogP contribution in [-0.2, 0) is 6.54 Å². The van der Waals surface area contributed by atoms with Crippen LogP contribution in [0.5, 0.6) is 0 Å². The van der Waals surface area contributed by atoms with Crippen LogP contribution < -0.4 is 5.32 Å². The Morgan fingerprint density at radius 1 is 0.950 bits per heavy atom. The summed E-state index contributed by atoms with van der Waals surface area (Å²) in [5.41, 5.74) is 3.05. The van der Waals surface area contributed by atoms with Gasteiger partial charge in [-0.3, -0.25) is 0 Å². The molecule has 2 heteroatoms. The first-order chi connectivity index (χ1) is 9.93. The summed E-state index contributed by atoms with van der Waals surface area (Å²) in [4.78, 5) is 1.35. The van der Waals surface area contributed by atoms with Crippen molar-refractivity contribution in [3.63, 3.8) is 0 Å². The van der Waals surface area contributed by atoms with Gasteiger partial charge in [0.15, 0.2) is 0 Å². The van der Waals surface area contributed by atoms with Crippen LogP contribution in [0.1, 0.15) is 29.9 Å². The van der Waals surface area contributed by atoms with Gasteiger partial charge in [0.05, 0.1) is 0 Å². The first-order valence-corrected chi connectivity index (χ1v) is 8.38. The summed E-state index contributed by atoms with van der Waals surface area (Å²) in [6.07, 6.45) is 2.75. The van der Waals surface area contributed by atoms with Gasteiger partial charge in [0, 0.05) is 23.7 Å². The molecule has 1 saturated carbocycles. The lowest BCUT2D eigenvalue weighted by molar-refractivity contribution is 0.725. The maximum absolute atomic E-state index is 3.57. The zero-order valence-electron chi connectivity index (χ0n) is 11.7. The molecule has 0 aromatic heterocycles. The lowest BCUT2D eigenvalue weighted by atomic mass is 10.0. The van der Waals surface area contributed by atoms with Gasteiger partial charge >= 0.3 is 0 Å². The minimum atomic E-state index is 0.840. The SMILES string of the molecule is c1ccc(SCCNCc2ccccc2C2CC2)cc1. The monoisotopic (exact) mass is 283 g/mol. The summed E-state index contributed by atoms with van der Waals surface area (Å²) < 4.78 is 0. The van der Waals surface area contributed by atoms with Crippen molar-refractivity contribution < 1.29 is 0 Å². The molecule has 1 aliphatic carbocycles. The predicted octanol–water partition coefficient (Wildman–Crippen LogP) is 4.45. The third-order valence-corrected chi connectivity index (χ3v) is 4.69. The van der Waals surface area contributed by atoms with E-state index < -0.39 is 0 Å². The Balaban J connectivity index is 1.42. The molecule has 1 N–H and O–H groups in total.